The molecule has 0 aliphatic heterocycles. The molecule has 0 fully saturated rings. The van der Waals surface area contributed by atoms with Crippen LogP contribution >= 0.6 is 23.1 Å². The van der Waals surface area contributed by atoms with Gasteiger partial charge in [0, 0.05) is 18.7 Å². The molecule has 0 N–H and O–H groups in total. The molecule has 148 valence electrons. The lowest BCUT2D eigenvalue weighted by molar-refractivity contribution is -0.127. The molecule has 0 radical (unpaired) electrons. The van der Waals surface area contributed by atoms with Gasteiger partial charge in [-0.2, -0.15) is 0 Å². The first-order valence-corrected chi connectivity index (χ1v) is 11.0. The van der Waals surface area contributed by atoms with Crippen LogP contribution in [0.5, 0.6) is 5.75 Å². The number of ether oxygens (including phenoxy) is 1. The summed E-state index contributed by atoms with van der Waals surface area (Å²) >= 11 is 2.69. The molecule has 0 aliphatic rings. The summed E-state index contributed by atoms with van der Waals surface area (Å²) < 4.78 is 7.68. The number of amides is 1. The van der Waals surface area contributed by atoms with E-state index in [0.29, 0.717) is 35.0 Å². The van der Waals surface area contributed by atoms with Crippen molar-refractivity contribution in [1.82, 2.24) is 14.5 Å². The summed E-state index contributed by atoms with van der Waals surface area (Å²) in [6, 6.07) is 9.44. The standard InChI is InChI=1S/C20H23N3O3S2/c1-4-22(5-2)17(24)13-28-20-21-15-10-11-27-18(15)19(25)23(20)12-14-8-6-7-9-16(14)26-3/h6-11H,4-5,12-13H2,1-3H3. The number of hydrogen-bond acceptors (Lipinski definition) is 6. The van der Waals surface area contributed by atoms with Crippen molar-refractivity contribution in [3.8, 4) is 5.75 Å². The molecule has 2 heterocycles. The summed E-state index contributed by atoms with van der Waals surface area (Å²) in [7, 11) is 1.61. The Hall–Kier alpha value is -2.32. The summed E-state index contributed by atoms with van der Waals surface area (Å²) in [5.74, 6) is 1.00. The number of carbonyl (C=O) groups excluding carboxylic acids is 1. The normalized spacial score (nSPS) is 11.0. The Balaban J connectivity index is 1.98. The van der Waals surface area contributed by atoms with E-state index in [0.717, 1.165) is 11.3 Å². The van der Waals surface area contributed by atoms with Crippen LogP contribution in [0.3, 0.4) is 0 Å². The van der Waals surface area contributed by atoms with E-state index in [1.165, 1.54) is 23.1 Å². The van der Waals surface area contributed by atoms with E-state index >= 15 is 0 Å². The van der Waals surface area contributed by atoms with Gasteiger partial charge in [-0.15, -0.1) is 11.3 Å². The van der Waals surface area contributed by atoms with Crippen molar-refractivity contribution in [2.75, 3.05) is 26.0 Å². The highest BCUT2D eigenvalue weighted by molar-refractivity contribution is 7.99. The largest absolute Gasteiger partial charge is 0.496 e. The molecule has 2 aromatic heterocycles. The first-order chi connectivity index (χ1) is 13.6. The van der Waals surface area contributed by atoms with Gasteiger partial charge in [-0.05, 0) is 31.4 Å². The topological polar surface area (TPSA) is 64.4 Å². The number of fused-ring (bicyclic) bond motifs is 1. The summed E-state index contributed by atoms with van der Waals surface area (Å²) in [6.07, 6.45) is 0. The maximum Gasteiger partial charge on any atom is 0.272 e. The summed E-state index contributed by atoms with van der Waals surface area (Å²) in [4.78, 5) is 31.9. The maximum atomic E-state index is 13.1. The van der Waals surface area contributed by atoms with E-state index in [-0.39, 0.29) is 17.2 Å². The lowest BCUT2D eigenvalue weighted by Gasteiger charge is -2.19. The molecule has 3 rings (SSSR count). The Kier molecular flexibility index (Phi) is 6.74. The third-order valence-electron chi connectivity index (χ3n) is 4.49. The Morgan fingerprint density at radius 2 is 2.00 bits per heavy atom. The van der Waals surface area contributed by atoms with Gasteiger partial charge in [0.1, 0.15) is 10.4 Å². The predicted molar refractivity (Wildman–Crippen MR) is 115 cm³/mol. The Bertz CT molecular complexity index is 1020. The number of aromatic nitrogens is 2. The molecule has 1 aromatic carbocycles. The molecule has 8 heteroatoms. The van der Waals surface area contributed by atoms with Crippen LogP contribution in [-0.4, -0.2) is 46.3 Å². The number of thioether (sulfide) groups is 1. The third kappa shape index (κ3) is 4.23. The van der Waals surface area contributed by atoms with Crippen molar-refractivity contribution in [3.05, 3.63) is 51.6 Å². The second-order valence-corrected chi connectivity index (χ2v) is 7.95. The number of thiophene rings is 1. The van der Waals surface area contributed by atoms with E-state index in [2.05, 4.69) is 4.98 Å². The van der Waals surface area contributed by atoms with E-state index in [9.17, 15) is 9.59 Å². The zero-order chi connectivity index (χ0) is 20.1. The summed E-state index contributed by atoms with van der Waals surface area (Å²) in [6.45, 7) is 5.59. The van der Waals surface area contributed by atoms with Gasteiger partial charge in [0.2, 0.25) is 5.91 Å². The minimum Gasteiger partial charge on any atom is -0.496 e. The fourth-order valence-corrected chi connectivity index (χ4v) is 4.65. The molecule has 0 bridgehead atoms. The van der Waals surface area contributed by atoms with Gasteiger partial charge in [0.05, 0.1) is 24.9 Å². The van der Waals surface area contributed by atoms with Crippen LogP contribution in [0.2, 0.25) is 0 Å². The maximum absolute atomic E-state index is 13.1. The molecule has 0 saturated heterocycles. The van der Waals surface area contributed by atoms with Crippen LogP contribution in [0.4, 0.5) is 0 Å². The predicted octanol–water partition coefficient (Wildman–Crippen LogP) is 3.48. The quantitative estimate of drug-likeness (QED) is 0.415. The SMILES string of the molecule is CCN(CC)C(=O)CSc1nc2ccsc2c(=O)n1Cc1ccccc1OC. The average molecular weight is 418 g/mol. The summed E-state index contributed by atoms with van der Waals surface area (Å²) in [5, 5.41) is 2.41. The minimum absolute atomic E-state index is 0.0403. The van der Waals surface area contributed by atoms with Gasteiger partial charge in [-0.3, -0.25) is 14.2 Å². The molecule has 1 amide bonds. The van der Waals surface area contributed by atoms with Crippen LogP contribution in [-0.2, 0) is 11.3 Å². The van der Waals surface area contributed by atoms with Crippen LogP contribution in [0, 0.1) is 0 Å². The molecular weight excluding hydrogens is 394 g/mol. The van der Waals surface area contributed by atoms with E-state index < -0.39 is 0 Å². The fourth-order valence-electron chi connectivity index (χ4n) is 2.97. The zero-order valence-electron chi connectivity index (χ0n) is 16.2. The van der Waals surface area contributed by atoms with Gasteiger partial charge >= 0.3 is 0 Å². The zero-order valence-corrected chi connectivity index (χ0v) is 17.8. The molecule has 6 nitrogen and oxygen atoms in total. The number of carbonyl (C=O) groups is 1. The van der Waals surface area contributed by atoms with Crippen molar-refractivity contribution >= 4 is 39.2 Å². The molecule has 3 aromatic rings. The van der Waals surface area contributed by atoms with Gasteiger partial charge in [0.25, 0.3) is 5.56 Å². The summed E-state index contributed by atoms with van der Waals surface area (Å²) in [5.41, 5.74) is 1.47. The van der Waals surface area contributed by atoms with Gasteiger partial charge < -0.3 is 9.64 Å². The Labute approximate surface area is 172 Å². The number of nitrogens with zero attached hydrogens (tertiary/aromatic N) is 3. The minimum atomic E-state index is -0.0938. The number of rotatable bonds is 8. The average Bonchev–Trinajstić information content (AvgIpc) is 3.19. The third-order valence-corrected chi connectivity index (χ3v) is 6.35. The first kappa shape index (κ1) is 20.4. The number of benzene rings is 1. The van der Waals surface area contributed by atoms with Crippen LogP contribution in [0.1, 0.15) is 19.4 Å². The van der Waals surface area contributed by atoms with Crippen molar-refractivity contribution in [1.29, 1.82) is 0 Å². The number of hydrogen-bond donors (Lipinski definition) is 0. The van der Waals surface area contributed by atoms with Crippen LogP contribution in [0.15, 0.2) is 45.7 Å². The van der Waals surface area contributed by atoms with Crippen molar-refractivity contribution in [3.63, 3.8) is 0 Å². The van der Waals surface area contributed by atoms with Crippen LogP contribution in [0.25, 0.3) is 10.2 Å². The lowest BCUT2D eigenvalue weighted by atomic mass is 10.2. The molecule has 0 aliphatic carbocycles. The van der Waals surface area contributed by atoms with Crippen molar-refractivity contribution in [2.24, 2.45) is 0 Å². The molecular formula is C20H23N3O3S2. The molecule has 28 heavy (non-hydrogen) atoms. The van der Waals surface area contributed by atoms with E-state index in [1.54, 1.807) is 16.6 Å². The number of methoxy groups -OCH3 is 1. The van der Waals surface area contributed by atoms with Crippen molar-refractivity contribution in [2.45, 2.75) is 25.5 Å². The Morgan fingerprint density at radius 3 is 2.71 bits per heavy atom. The highest BCUT2D eigenvalue weighted by atomic mass is 32.2. The van der Waals surface area contributed by atoms with E-state index in [1.807, 2.05) is 49.6 Å². The smallest absolute Gasteiger partial charge is 0.272 e. The van der Waals surface area contributed by atoms with E-state index in [4.69, 9.17) is 4.74 Å². The van der Waals surface area contributed by atoms with Crippen LogP contribution < -0.4 is 10.3 Å². The van der Waals surface area contributed by atoms with Gasteiger partial charge in [0.15, 0.2) is 5.16 Å². The second-order valence-electron chi connectivity index (χ2n) is 6.09. The second kappa shape index (κ2) is 9.25. The molecule has 0 atom stereocenters. The van der Waals surface area contributed by atoms with Gasteiger partial charge in [-0.25, -0.2) is 4.98 Å². The Morgan fingerprint density at radius 1 is 1.25 bits per heavy atom. The molecule has 0 spiro atoms. The van der Waals surface area contributed by atoms with Crippen molar-refractivity contribution < 1.29 is 9.53 Å². The number of para-hydroxylation sites is 1. The fraction of sp³-hybridized carbons (Fsp3) is 0.350. The lowest BCUT2D eigenvalue weighted by Crippen LogP contribution is -2.32. The monoisotopic (exact) mass is 417 g/mol. The molecule has 0 saturated carbocycles. The first-order valence-electron chi connectivity index (χ1n) is 9.09. The highest BCUT2D eigenvalue weighted by Gasteiger charge is 2.17. The van der Waals surface area contributed by atoms with Gasteiger partial charge in [-0.1, -0.05) is 30.0 Å². The molecule has 0 unspecified atom stereocenters. The highest BCUT2D eigenvalue weighted by Crippen LogP contribution is 2.24.